The van der Waals surface area contributed by atoms with E-state index in [1.54, 1.807) is 0 Å². The highest BCUT2D eigenvalue weighted by atomic mass is 14.2. The maximum Gasteiger partial charge on any atom is 0.0535 e. The average Bonchev–Trinajstić information content (AvgIpc) is 2.37. The third kappa shape index (κ3) is 1.59. The van der Waals surface area contributed by atoms with Gasteiger partial charge in [-0.25, -0.2) is 0 Å². The standard InChI is InChI=1S/C16H16/c1-4-16(3,5-2)15-12-8-10-13-9-6-7-11-14(13)15/h1,6-12H,5H2,2-3H3. The minimum atomic E-state index is -0.166. The average molecular weight is 208 g/mol. The zero-order valence-corrected chi connectivity index (χ0v) is 9.83. The molecule has 1 atom stereocenters. The highest BCUT2D eigenvalue weighted by molar-refractivity contribution is 5.87. The van der Waals surface area contributed by atoms with Crippen LogP contribution in [0.2, 0.25) is 0 Å². The molecule has 0 heteroatoms. The van der Waals surface area contributed by atoms with Gasteiger partial charge in [-0.1, -0.05) is 55.3 Å². The predicted octanol–water partition coefficient (Wildman–Crippen LogP) is 4.14. The number of hydrogen-bond donors (Lipinski definition) is 0. The summed E-state index contributed by atoms with van der Waals surface area (Å²) < 4.78 is 0. The lowest BCUT2D eigenvalue weighted by Crippen LogP contribution is -2.18. The monoisotopic (exact) mass is 208 g/mol. The van der Waals surface area contributed by atoms with Crippen molar-refractivity contribution in [2.24, 2.45) is 0 Å². The van der Waals surface area contributed by atoms with Crippen LogP contribution in [-0.4, -0.2) is 0 Å². The van der Waals surface area contributed by atoms with Crippen molar-refractivity contribution in [1.29, 1.82) is 0 Å². The first-order chi connectivity index (χ1) is 7.71. The normalized spacial score (nSPS) is 14.3. The molecular weight excluding hydrogens is 192 g/mol. The van der Waals surface area contributed by atoms with E-state index in [1.165, 1.54) is 16.3 Å². The zero-order valence-electron chi connectivity index (χ0n) is 9.83. The number of rotatable bonds is 2. The summed E-state index contributed by atoms with van der Waals surface area (Å²) in [5, 5.41) is 2.53. The van der Waals surface area contributed by atoms with Crippen LogP contribution in [0.4, 0.5) is 0 Å². The van der Waals surface area contributed by atoms with E-state index in [2.05, 4.69) is 62.2 Å². The summed E-state index contributed by atoms with van der Waals surface area (Å²) in [5.41, 5.74) is 1.09. The largest absolute Gasteiger partial charge is 0.119 e. The molecule has 1 unspecified atom stereocenters. The van der Waals surface area contributed by atoms with Crippen molar-refractivity contribution in [1.82, 2.24) is 0 Å². The van der Waals surface area contributed by atoms with Crippen LogP contribution < -0.4 is 0 Å². The van der Waals surface area contributed by atoms with E-state index in [0.29, 0.717) is 0 Å². The molecule has 0 amide bonds. The van der Waals surface area contributed by atoms with Gasteiger partial charge >= 0.3 is 0 Å². The fraction of sp³-hybridized carbons (Fsp3) is 0.250. The topological polar surface area (TPSA) is 0 Å². The Bertz CT molecular complexity index is 540. The lowest BCUT2D eigenvalue weighted by molar-refractivity contribution is 0.601. The van der Waals surface area contributed by atoms with Gasteiger partial charge in [0.05, 0.1) is 5.41 Å². The molecule has 16 heavy (non-hydrogen) atoms. The van der Waals surface area contributed by atoms with E-state index in [0.717, 1.165) is 6.42 Å². The second kappa shape index (κ2) is 4.02. The van der Waals surface area contributed by atoms with Crippen LogP contribution in [0.1, 0.15) is 25.8 Å². The van der Waals surface area contributed by atoms with E-state index in [1.807, 2.05) is 0 Å². The number of benzene rings is 2. The third-order valence-corrected chi connectivity index (χ3v) is 3.41. The molecule has 2 rings (SSSR count). The Morgan fingerprint density at radius 1 is 1.12 bits per heavy atom. The predicted molar refractivity (Wildman–Crippen MR) is 70.4 cm³/mol. The molecule has 0 aromatic heterocycles. The van der Waals surface area contributed by atoms with Crippen LogP contribution in [0.15, 0.2) is 42.5 Å². The first kappa shape index (κ1) is 10.8. The Labute approximate surface area is 97.3 Å². The van der Waals surface area contributed by atoms with Crippen molar-refractivity contribution in [2.45, 2.75) is 25.7 Å². The van der Waals surface area contributed by atoms with Crippen molar-refractivity contribution in [2.75, 3.05) is 0 Å². The summed E-state index contributed by atoms with van der Waals surface area (Å²) in [4.78, 5) is 0. The molecule has 2 aromatic carbocycles. The quantitative estimate of drug-likeness (QED) is 0.651. The molecule has 0 bridgehead atoms. The molecule has 0 aliphatic heterocycles. The summed E-state index contributed by atoms with van der Waals surface area (Å²) in [6.45, 7) is 4.27. The number of terminal acetylenes is 1. The van der Waals surface area contributed by atoms with Gasteiger partial charge in [0.25, 0.3) is 0 Å². The van der Waals surface area contributed by atoms with Gasteiger partial charge in [0, 0.05) is 0 Å². The molecule has 0 saturated heterocycles. The van der Waals surface area contributed by atoms with Gasteiger partial charge in [0.2, 0.25) is 0 Å². The van der Waals surface area contributed by atoms with Gasteiger partial charge < -0.3 is 0 Å². The molecule has 0 heterocycles. The molecule has 0 aliphatic rings. The van der Waals surface area contributed by atoms with Crippen molar-refractivity contribution in [3.63, 3.8) is 0 Å². The third-order valence-electron chi connectivity index (χ3n) is 3.41. The lowest BCUT2D eigenvalue weighted by Gasteiger charge is -2.24. The van der Waals surface area contributed by atoms with E-state index < -0.39 is 0 Å². The fourth-order valence-corrected chi connectivity index (χ4v) is 2.08. The molecule has 0 nitrogen and oxygen atoms in total. The molecule has 0 fully saturated rings. The minimum absolute atomic E-state index is 0.166. The van der Waals surface area contributed by atoms with E-state index in [9.17, 15) is 0 Å². The van der Waals surface area contributed by atoms with E-state index in [-0.39, 0.29) is 5.41 Å². The van der Waals surface area contributed by atoms with Crippen LogP contribution in [0.5, 0.6) is 0 Å². The second-order valence-corrected chi connectivity index (χ2v) is 4.36. The first-order valence-corrected chi connectivity index (χ1v) is 5.67. The minimum Gasteiger partial charge on any atom is -0.119 e. The Balaban J connectivity index is 2.75. The van der Waals surface area contributed by atoms with Crippen LogP contribution in [0, 0.1) is 12.3 Å². The maximum absolute atomic E-state index is 5.69. The van der Waals surface area contributed by atoms with Gasteiger partial charge in [-0.15, -0.1) is 6.42 Å². The van der Waals surface area contributed by atoms with Crippen molar-refractivity contribution in [3.8, 4) is 12.3 Å². The van der Waals surface area contributed by atoms with Crippen LogP contribution in [0.3, 0.4) is 0 Å². The number of fused-ring (bicyclic) bond motifs is 1. The molecular formula is C16H16. The number of hydrogen-bond acceptors (Lipinski definition) is 0. The fourth-order valence-electron chi connectivity index (χ4n) is 2.08. The lowest BCUT2D eigenvalue weighted by atomic mass is 9.79. The molecule has 80 valence electrons. The molecule has 0 saturated carbocycles. The Kier molecular flexibility index (Phi) is 2.71. The van der Waals surface area contributed by atoms with Gasteiger partial charge in [-0.2, -0.15) is 0 Å². The highest BCUT2D eigenvalue weighted by Gasteiger charge is 2.23. The van der Waals surface area contributed by atoms with Crippen LogP contribution in [0.25, 0.3) is 10.8 Å². The summed E-state index contributed by atoms with van der Waals surface area (Å²) in [6, 6.07) is 14.8. The van der Waals surface area contributed by atoms with E-state index in [4.69, 9.17) is 6.42 Å². The van der Waals surface area contributed by atoms with Crippen LogP contribution in [-0.2, 0) is 5.41 Å². The smallest absolute Gasteiger partial charge is 0.0535 e. The Hall–Kier alpha value is -1.74. The Morgan fingerprint density at radius 3 is 2.50 bits per heavy atom. The van der Waals surface area contributed by atoms with E-state index >= 15 is 0 Å². The van der Waals surface area contributed by atoms with Crippen molar-refractivity contribution >= 4 is 10.8 Å². The van der Waals surface area contributed by atoms with Gasteiger partial charge in [0.1, 0.15) is 0 Å². The highest BCUT2D eigenvalue weighted by Crippen LogP contribution is 2.32. The Morgan fingerprint density at radius 2 is 1.81 bits per heavy atom. The molecule has 0 radical (unpaired) electrons. The van der Waals surface area contributed by atoms with Crippen molar-refractivity contribution in [3.05, 3.63) is 48.0 Å². The molecule has 0 N–H and O–H groups in total. The summed E-state index contributed by atoms with van der Waals surface area (Å²) in [6.07, 6.45) is 6.65. The zero-order chi connectivity index (χ0) is 11.6. The van der Waals surface area contributed by atoms with Gasteiger partial charge in [-0.3, -0.25) is 0 Å². The van der Waals surface area contributed by atoms with Gasteiger partial charge in [0.15, 0.2) is 0 Å². The molecule has 2 aromatic rings. The maximum atomic E-state index is 5.69. The second-order valence-electron chi connectivity index (χ2n) is 4.36. The SMILES string of the molecule is C#CC(C)(CC)c1cccc2ccccc12. The van der Waals surface area contributed by atoms with Crippen LogP contribution >= 0.6 is 0 Å². The van der Waals surface area contributed by atoms with Crippen molar-refractivity contribution < 1.29 is 0 Å². The summed E-state index contributed by atoms with van der Waals surface area (Å²) in [7, 11) is 0. The molecule has 0 aliphatic carbocycles. The van der Waals surface area contributed by atoms with Gasteiger partial charge in [-0.05, 0) is 29.7 Å². The summed E-state index contributed by atoms with van der Waals surface area (Å²) >= 11 is 0. The summed E-state index contributed by atoms with van der Waals surface area (Å²) in [5.74, 6) is 2.94. The first-order valence-electron chi connectivity index (χ1n) is 5.67. The molecule has 0 spiro atoms.